The summed E-state index contributed by atoms with van der Waals surface area (Å²) in [6.07, 6.45) is 2.61. The second-order valence-electron chi connectivity index (χ2n) is 3.88. The SMILES string of the molecule is COc1ccc(C(=O)N=C2C=C(Cl)C(=O)C(Cl)=C2)cc1. The number of carbonyl (C=O) groups is 2. The fraction of sp³-hybridized carbons (Fsp3) is 0.0714. The lowest BCUT2D eigenvalue weighted by Gasteiger charge is -2.05. The first kappa shape index (κ1) is 14.5. The fourth-order valence-electron chi connectivity index (χ4n) is 1.53. The van der Waals surface area contributed by atoms with E-state index in [9.17, 15) is 9.59 Å². The number of benzene rings is 1. The van der Waals surface area contributed by atoms with Gasteiger partial charge >= 0.3 is 0 Å². The molecule has 0 radical (unpaired) electrons. The molecule has 102 valence electrons. The van der Waals surface area contributed by atoms with Crippen molar-refractivity contribution in [3.63, 3.8) is 0 Å². The van der Waals surface area contributed by atoms with Crippen molar-refractivity contribution in [2.24, 2.45) is 4.99 Å². The summed E-state index contributed by atoms with van der Waals surface area (Å²) in [4.78, 5) is 27.2. The molecule has 1 aromatic rings. The quantitative estimate of drug-likeness (QED) is 0.789. The summed E-state index contributed by atoms with van der Waals surface area (Å²) in [5.41, 5.74) is 0.629. The van der Waals surface area contributed by atoms with Gasteiger partial charge in [0.05, 0.1) is 22.9 Å². The molecule has 1 aliphatic rings. The monoisotopic (exact) mass is 309 g/mol. The van der Waals surface area contributed by atoms with Gasteiger partial charge in [-0.05, 0) is 36.4 Å². The highest BCUT2D eigenvalue weighted by molar-refractivity contribution is 6.57. The Labute approximate surface area is 125 Å². The zero-order valence-corrected chi connectivity index (χ0v) is 11.9. The summed E-state index contributed by atoms with van der Waals surface area (Å²) in [5, 5.41) is -0.141. The smallest absolute Gasteiger partial charge is 0.277 e. The van der Waals surface area contributed by atoms with E-state index in [-0.39, 0.29) is 15.8 Å². The van der Waals surface area contributed by atoms with Gasteiger partial charge in [-0.3, -0.25) is 9.59 Å². The van der Waals surface area contributed by atoms with Crippen LogP contribution in [0, 0.1) is 0 Å². The second kappa shape index (κ2) is 6.03. The van der Waals surface area contributed by atoms with E-state index >= 15 is 0 Å². The predicted octanol–water partition coefficient (Wildman–Crippen LogP) is 3.10. The first-order valence-electron chi connectivity index (χ1n) is 5.57. The number of nitrogens with zero attached hydrogens (tertiary/aromatic N) is 1. The Kier molecular flexibility index (Phi) is 4.37. The molecule has 0 aromatic heterocycles. The highest BCUT2D eigenvalue weighted by Gasteiger charge is 2.18. The molecule has 2 rings (SSSR count). The molecule has 0 fully saturated rings. The first-order valence-corrected chi connectivity index (χ1v) is 6.33. The maximum atomic E-state index is 11.9. The molecule has 4 nitrogen and oxygen atoms in total. The van der Waals surface area contributed by atoms with E-state index in [0.29, 0.717) is 11.3 Å². The third-order valence-electron chi connectivity index (χ3n) is 2.55. The van der Waals surface area contributed by atoms with Crippen LogP contribution in [-0.4, -0.2) is 24.5 Å². The summed E-state index contributed by atoms with van der Waals surface area (Å²) in [6.45, 7) is 0. The van der Waals surface area contributed by atoms with Crippen molar-refractivity contribution in [3.05, 3.63) is 52.0 Å². The van der Waals surface area contributed by atoms with Gasteiger partial charge < -0.3 is 4.74 Å². The summed E-state index contributed by atoms with van der Waals surface area (Å²) in [6, 6.07) is 6.50. The lowest BCUT2D eigenvalue weighted by Crippen LogP contribution is -2.09. The van der Waals surface area contributed by atoms with Gasteiger partial charge in [0.25, 0.3) is 5.91 Å². The zero-order chi connectivity index (χ0) is 14.7. The van der Waals surface area contributed by atoms with Crippen LogP contribution in [-0.2, 0) is 4.79 Å². The maximum absolute atomic E-state index is 11.9. The van der Waals surface area contributed by atoms with Gasteiger partial charge in [-0.1, -0.05) is 23.2 Å². The van der Waals surface area contributed by atoms with E-state index in [2.05, 4.69) is 4.99 Å². The molecule has 0 saturated carbocycles. The highest BCUT2D eigenvalue weighted by atomic mass is 35.5. The summed E-state index contributed by atoms with van der Waals surface area (Å²) in [5.74, 6) is -0.300. The van der Waals surface area contributed by atoms with Crippen molar-refractivity contribution in [3.8, 4) is 5.75 Å². The average molecular weight is 310 g/mol. The molecule has 0 heterocycles. The van der Waals surface area contributed by atoms with E-state index in [4.69, 9.17) is 27.9 Å². The Morgan fingerprint density at radius 3 is 2.15 bits per heavy atom. The number of ether oxygens (including phenoxy) is 1. The van der Waals surface area contributed by atoms with E-state index < -0.39 is 11.7 Å². The highest BCUT2D eigenvalue weighted by Crippen LogP contribution is 2.20. The van der Waals surface area contributed by atoms with Crippen LogP contribution in [0.5, 0.6) is 5.75 Å². The van der Waals surface area contributed by atoms with E-state index in [1.54, 1.807) is 24.3 Å². The predicted molar refractivity (Wildman–Crippen MR) is 77.6 cm³/mol. The minimum Gasteiger partial charge on any atom is -0.497 e. The van der Waals surface area contributed by atoms with Crippen molar-refractivity contribution < 1.29 is 14.3 Å². The van der Waals surface area contributed by atoms with Gasteiger partial charge in [-0.25, -0.2) is 4.99 Å². The fourth-order valence-corrected chi connectivity index (χ4v) is 2.00. The van der Waals surface area contributed by atoms with Crippen LogP contribution in [0.25, 0.3) is 0 Å². The number of rotatable bonds is 2. The van der Waals surface area contributed by atoms with Crippen LogP contribution in [0.1, 0.15) is 10.4 Å². The molecule has 1 aromatic carbocycles. The summed E-state index contributed by atoms with van der Waals surface area (Å²) >= 11 is 11.4. The Bertz CT molecular complexity index is 634. The molecule has 1 aliphatic carbocycles. The standard InChI is InChI=1S/C14H9Cl2NO3/c1-20-10-4-2-8(3-5-10)14(19)17-9-6-11(15)13(18)12(16)7-9/h2-7H,1H3. The number of Topliss-reactive ketones (excluding diaryl/α,β-unsaturated/α-hetero) is 1. The largest absolute Gasteiger partial charge is 0.497 e. The molecule has 0 spiro atoms. The molecule has 0 saturated heterocycles. The average Bonchev–Trinajstić information content (AvgIpc) is 2.44. The minimum absolute atomic E-state index is 0.0706. The topological polar surface area (TPSA) is 55.7 Å². The first-order chi connectivity index (χ1) is 9.51. The second-order valence-corrected chi connectivity index (χ2v) is 4.70. The van der Waals surface area contributed by atoms with Gasteiger partial charge in [0, 0.05) is 5.56 Å². The number of hydrogen-bond donors (Lipinski definition) is 0. The summed E-state index contributed by atoms with van der Waals surface area (Å²) < 4.78 is 5.00. The van der Waals surface area contributed by atoms with Crippen molar-refractivity contribution in [2.45, 2.75) is 0 Å². The van der Waals surface area contributed by atoms with Crippen LogP contribution in [0.3, 0.4) is 0 Å². The van der Waals surface area contributed by atoms with E-state index in [1.165, 1.54) is 19.3 Å². The Hall–Kier alpha value is -1.91. The van der Waals surface area contributed by atoms with E-state index in [0.717, 1.165) is 0 Å². The number of aliphatic imine (C=N–C) groups is 1. The molecular formula is C14H9Cl2NO3. The van der Waals surface area contributed by atoms with Gasteiger partial charge in [-0.15, -0.1) is 0 Å². The third-order valence-corrected chi connectivity index (χ3v) is 3.11. The molecule has 20 heavy (non-hydrogen) atoms. The van der Waals surface area contributed by atoms with Crippen LogP contribution in [0.2, 0.25) is 0 Å². The number of allylic oxidation sites excluding steroid dienone is 4. The number of ketones is 1. The molecule has 0 N–H and O–H groups in total. The van der Waals surface area contributed by atoms with Crippen molar-refractivity contribution in [1.82, 2.24) is 0 Å². The number of methoxy groups -OCH3 is 1. The molecule has 0 aliphatic heterocycles. The maximum Gasteiger partial charge on any atom is 0.277 e. The van der Waals surface area contributed by atoms with Crippen LogP contribution >= 0.6 is 23.2 Å². The van der Waals surface area contributed by atoms with Crippen molar-refractivity contribution in [2.75, 3.05) is 7.11 Å². The lowest BCUT2D eigenvalue weighted by molar-refractivity contribution is -0.111. The summed E-state index contributed by atoms with van der Waals surface area (Å²) in [7, 11) is 1.54. The zero-order valence-electron chi connectivity index (χ0n) is 10.4. The number of carbonyl (C=O) groups excluding carboxylic acids is 2. The molecule has 0 bridgehead atoms. The molecule has 0 unspecified atom stereocenters. The van der Waals surface area contributed by atoms with Crippen molar-refractivity contribution >= 4 is 40.6 Å². The molecule has 6 heteroatoms. The van der Waals surface area contributed by atoms with Crippen LogP contribution in [0.4, 0.5) is 0 Å². The molecule has 0 atom stereocenters. The van der Waals surface area contributed by atoms with E-state index in [1.807, 2.05) is 0 Å². The Balaban J connectivity index is 2.26. The van der Waals surface area contributed by atoms with Gasteiger partial charge in [0.1, 0.15) is 5.75 Å². The number of halogens is 2. The van der Waals surface area contributed by atoms with Gasteiger partial charge in [0.15, 0.2) is 0 Å². The van der Waals surface area contributed by atoms with Crippen LogP contribution in [0.15, 0.2) is 51.5 Å². The molecule has 1 amide bonds. The van der Waals surface area contributed by atoms with Crippen LogP contribution < -0.4 is 4.74 Å². The Morgan fingerprint density at radius 2 is 1.65 bits per heavy atom. The number of amides is 1. The Morgan fingerprint density at radius 1 is 1.10 bits per heavy atom. The van der Waals surface area contributed by atoms with Gasteiger partial charge in [0.2, 0.25) is 5.78 Å². The lowest BCUT2D eigenvalue weighted by atomic mass is 10.1. The van der Waals surface area contributed by atoms with Crippen molar-refractivity contribution in [1.29, 1.82) is 0 Å². The third kappa shape index (κ3) is 3.15. The normalized spacial score (nSPS) is 14.6. The number of hydrogen-bond acceptors (Lipinski definition) is 3. The minimum atomic E-state index is -0.482. The molecular weight excluding hydrogens is 301 g/mol. The van der Waals surface area contributed by atoms with Gasteiger partial charge in [-0.2, -0.15) is 0 Å².